The van der Waals surface area contributed by atoms with Gasteiger partial charge in [-0.1, -0.05) is 189 Å². The van der Waals surface area contributed by atoms with Gasteiger partial charge in [-0.25, -0.2) is 9.59 Å². The summed E-state index contributed by atoms with van der Waals surface area (Å²) in [5, 5.41) is 21.1. The predicted molar refractivity (Wildman–Crippen MR) is 473 cm³/mol. The monoisotopic (exact) mass is 1600 g/mol. The summed E-state index contributed by atoms with van der Waals surface area (Å²) in [4.78, 5) is 35.8. The number of phenolic OH excluding ortho intramolecular Hbond substituents is 2. The number of aromatic hydroxyl groups is 2. The number of fused-ring (bicyclic) bond motifs is 15. The van der Waals surface area contributed by atoms with E-state index in [-0.39, 0.29) is 17.3 Å². The third-order valence-electron chi connectivity index (χ3n) is 20.5. The van der Waals surface area contributed by atoms with Crippen LogP contribution in [0.1, 0.15) is 82.0 Å². The van der Waals surface area contributed by atoms with Gasteiger partial charge in [0.05, 0.1) is 5.39 Å². The molecule has 5 heterocycles. The van der Waals surface area contributed by atoms with Crippen molar-refractivity contribution in [3.63, 3.8) is 0 Å². The minimum absolute atomic E-state index is 0.0186. The molecule has 0 amide bonds. The summed E-state index contributed by atoms with van der Waals surface area (Å²) >= 11 is 0. The van der Waals surface area contributed by atoms with E-state index in [1.807, 2.05) is 189 Å². The highest BCUT2D eigenvalue weighted by atomic mass is 16.5. The number of Topliss-reactive ketones (excluding diaryl/α,β-unsaturated/α-hetero) is 1. The molecule has 0 bridgehead atoms. The fourth-order valence-corrected chi connectivity index (χ4v) is 14.2. The molecule has 2 N–H and O–H groups in total. The molecule has 0 saturated heterocycles. The SMILES string of the molecule is C=C(C)C(=O)Cc1ccc2c(c1)OCc1cc(OC(=O)C(=C)C)ccc1-2.CC#Cc1ccc2c(c1)OCc1cc(OCc3ccccc3)ccc1-2.Cc1ccc2c(c1)OCc1cc(OCc3ccccc3)ccc1-2.O=c1oc2cc(O)ccc2c2ccc(OCc3ccccc3)cc12.Oc1ccc2c(c1)OCc1cc(OCc3ccccc3)ccc1-2. The summed E-state index contributed by atoms with van der Waals surface area (Å²) in [7, 11) is 0. The zero-order valence-corrected chi connectivity index (χ0v) is 67.3. The van der Waals surface area contributed by atoms with Crippen LogP contribution in [0.2, 0.25) is 0 Å². The van der Waals surface area contributed by atoms with Gasteiger partial charge in [-0.15, -0.1) is 5.92 Å². The molecule has 0 spiro atoms. The number of rotatable bonds is 17. The number of hydrogen-bond donors (Lipinski definition) is 2. The molecule has 19 rings (SSSR count). The molecule has 1 aromatic heterocycles. The van der Waals surface area contributed by atoms with Crippen molar-refractivity contribution in [3.8, 4) is 120 Å². The van der Waals surface area contributed by atoms with Crippen LogP contribution in [0.5, 0.6) is 63.2 Å². The van der Waals surface area contributed by atoms with Gasteiger partial charge in [-0.3, -0.25) is 4.79 Å². The first-order valence-corrected chi connectivity index (χ1v) is 39.6. The second-order valence-electron chi connectivity index (χ2n) is 29.5. The maximum absolute atomic E-state index is 12.2. The second-order valence-corrected chi connectivity index (χ2v) is 29.5. The topological polar surface area (TPSA) is 188 Å². The Bertz CT molecular complexity index is 6260. The number of esters is 1. The van der Waals surface area contributed by atoms with Crippen molar-refractivity contribution in [2.45, 2.75) is 87.0 Å². The van der Waals surface area contributed by atoms with Crippen LogP contribution in [-0.4, -0.2) is 22.0 Å². The molecule has 14 aromatic carbocycles. The van der Waals surface area contributed by atoms with Crippen LogP contribution in [-0.2, 0) is 68.9 Å². The average Bonchev–Trinajstić information content (AvgIpc) is 0.914. The zero-order chi connectivity index (χ0) is 83.7. The molecule has 121 heavy (non-hydrogen) atoms. The van der Waals surface area contributed by atoms with Crippen LogP contribution in [0.15, 0.2) is 337 Å². The molecule has 0 saturated carbocycles. The molecular weight excluding hydrogens is 1510 g/mol. The number of ketones is 1. The van der Waals surface area contributed by atoms with Crippen LogP contribution < -0.4 is 48.3 Å². The van der Waals surface area contributed by atoms with Crippen LogP contribution in [0.25, 0.3) is 66.2 Å². The average molecular weight is 1600 g/mol. The Hall–Kier alpha value is -15.3. The number of allylic oxidation sites excluding steroid dienone is 1. The highest BCUT2D eigenvalue weighted by Gasteiger charge is 2.24. The number of hydrogen-bond acceptors (Lipinski definition) is 15. The molecule has 15 heteroatoms. The lowest BCUT2D eigenvalue weighted by Crippen LogP contribution is -2.10. The summed E-state index contributed by atoms with van der Waals surface area (Å²) in [6.45, 7) is 18.6. The summed E-state index contributed by atoms with van der Waals surface area (Å²) in [6, 6.07) is 97.9. The van der Waals surface area contributed by atoms with E-state index in [9.17, 15) is 24.6 Å². The maximum Gasteiger partial charge on any atom is 0.344 e. The Morgan fingerprint density at radius 3 is 1.22 bits per heavy atom. The molecule has 15 aromatic rings. The lowest BCUT2D eigenvalue weighted by molar-refractivity contribution is -0.130. The summed E-state index contributed by atoms with van der Waals surface area (Å²) < 4.78 is 57.5. The Morgan fingerprint density at radius 1 is 0.372 bits per heavy atom. The van der Waals surface area contributed by atoms with Crippen molar-refractivity contribution in [2.24, 2.45) is 0 Å². The van der Waals surface area contributed by atoms with Crippen molar-refractivity contribution in [1.82, 2.24) is 0 Å². The van der Waals surface area contributed by atoms with Crippen molar-refractivity contribution in [3.05, 3.63) is 399 Å². The minimum atomic E-state index is -0.451. The highest BCUT2D eigenvalue weighted by Crippen LogP contribution is 2.45. The first-order chi connectivity index (χ1) is 59.0. The third-order valence-corrected chi connectivity index (χ3v) is 20.5. The summed E-state index contributed by atoms with van der Waals surface area (Å²) in [5.41, 5.74) is 21.6. The number of carbonyl (C=O) groups excluding carboxylic acids is 2. The fourth-order valence-electron chi connectivity index (χ4n) is 14.2. The number of phenols is 2. The van der Waals surface area contributed by atoms with Gasteiger partial charge in [0.25, 0.3) is 0 Å². The largest absolute Gasteiger partial charge is 0.508 e. The van der Waals surface area contributed by atoms with Gasteiger partial charge in [0.2, 0.25) is 0 Å². The van der Waals surface area contributed by atoms with E-state index in [0.29, 0.717) is 92.9 Å². The van der Waals surface area contributed by atoms with Crippen LogP contribution in [0, 0.1) is 18.8 Å². The first-order valence-electron chi connectivity index (χ1n) is 39.6. The van der Waals surface area contributed by atoms with E-state index in [4.69, 9.17) is 47.0 Å². The minimum Gasteiger partial charge on any atom is -0.508 e. The Kier molecular flexibility index (Phi) is 25.3. The van der Waals surface area contributed by atoms with Gasteiger partial charge in [0.15, 0.2) is 5.78 Å². The number of benzene rings is 14. The molecule has 0 aliphatic carbocycles. The molecule has 4 aliphatic rings. The van der Waals surface area contributed by atoms with Gasteiger partial charge in [0, 0.05) is 85.0 Å². The predicted octanol–water partition coefficient (Wildman–Crippen LogP) is 23.5. The standard InChI is InChI=1S/C23H18O2.C22H20O4.C21H18O2.C20H14O4.C20H16O3/c1-2-6-17-9-11-22-21-12-10-20(14-19(21)16-25-23(22)13-17)24-15-18-7-4-3-5-8-18;1-13(2)20(23)9-15-5-7-19-18-8-6-17(26-22(24)14(3)4)11-16(18)12-25-21(19)10-15;1-15-7-9-20-19-10-8-18(12-17(19)14-23-21(20)11-15)22-13-16-5-3-2-4-6-16;21-14-6-8-17-16-9-7-15(23-12-13-4-2-1-3-5-13)11-18(16)20(22)24-19(17)10-14;21-16-6-8-19-18-9-7-17(10-15(18)13-23-20(19)11-16)22-12-14-4-2-1-3-5-14/h3-5,7-14H,15-16H2,1H3;5-8,10-11H,1,3,9,12H2,2,4H3;2-12H,13-14H2,1H3;1-11,21H,12H2;1-11,21H,12-13H2. The Labute approximate surface area is 702 Å². The lowest BCUT2D eigenvalue weighted by Gasteiger charge is -2.22. The zero-order valence-electron chi connectivity index (χ0n) is 67.3. The highest BCUT2D eigenvalue weighted by molar-refractivity contribution is 6.05. The Morgan fingerprint density at radius 2 is 0.752 bits per heavy atom. The van der Waals surface area contributed by atoms with Gasteiger partial charge in [0.1, 0.15) is 122 Å². The third kappa shape index (κ3) is 20.2. The number of carbonyl (C=O) groups is 2. The van der Waals surface area contributed by atoms with Crippen molar-refractivity contribution in [2.75, 3.05) is 0 Å². The molecule has 0 unspecified atom stereocenters. The molecule has 0 atom stereocenters. The summed E-state index contributed by atoms with van der Waals surface area (Å²) in [5.74, 6) is 12.8. The lowest BCUT2D eigenvalue weighted by atomic mass is 9.94. The van der Waals surface area contributed by atoms with Gasteiger partial charge < -0.3 is 57.3 Å². The fraction of sp³-hybridized carbons (Fsp3) is 0.123. The molecular formula is C106H86O15. The normalized spacial score (nSPS) is 11.6. The van der Waals surface area contributed by atoms with Gasteiger partial charge >= 0.3 is 11.6 Å². The van der Waals surface area contributed by atoms with Crippen molar-refractivity contribution >= 4 is 33.5 Å². The van der Waals surface area contributed by atoms with E-state index in [2.05, 4.69) is 105 Å². The number of ether oxygens (including phenoxy) is 9. The quantitative estimate of drug-likeness (QED) is 0.0219. The van der Waals surface area contributed by atoms with E-state index >= 15 is 0 Å². The van der Waals surface area contributed by atoms with E-state index in [1.165, 1.54) is 33.9 Å². The molecule has 0 radical (unpaired) electrons. The first kappa shape index (κ1) is 80.9. The summed E-state index contributed by atoms with van der Waals surface area (Å²) in [6.07, 6.45) is 0.314. The van der Waals surface area contributed by atoms with Crippen LogP contribution >= 0.6 is 0 Å². The van der Waals surface area contributed by atoms with Gasteiger partial charge in [-0.2, -0.15) is 0 Å². The van der Waals surface area contributed by atoms with E-state index in [0.717, 1.165) is 129 Å². The Balaban J connectivity index is 0.000000118. The van der Waals surface area contributed by atoms with Crippen molar-refractivity contribution in [1.29, 1.82) is 0 Å². The molecule has 0 fully saturated rings. The molecule has 600 valence electrons. The molecule has 15 nitrogen and oxygen atoms in total. The van der Waals surface area contributed by atoms with Gasteiger partial charge in [-0.05, 0) is 210 Å². The smallest absolute Gasteiger partial charge is 0.344 e. The van der Waals surface area contributed by atoms with E-state index < -0.39 is 11.6 Å². The van der Waals surface area contributed by atoms with Crippen LogP contribution in [0.4, 0.5) is 0 Å². The molecule has 4 aliphatic heterocycles. The number of aryl methyl sites for hydroxylation is 1. The maximum atomic E-state index is 12.2. The van der Waals surface area contributed by atoms with Crippen molar-refractivity contribution < 1.29 is 66.9 Å². The van der Waals surface area contributed by atoms with Crippen LogP contribution in [0.3, 0.4) is 0 Å². The van der Waals surface area contributed by atoms with E-state index in [1.54, 1.807) is 56.3 Å². The second kappa shape index (κ2) is 37.8.